The van der Waals surface area contributed by atoms with Gasteiger partial charge in [-0.05, 0) is 38.4 Å². The average Bonchev–Trinajstić information content (AvgIpc) is 2.47. The number of carbonyl (C=O) groups is 1. The molecule has 6 nitrogen and oxygen atoms in total. The molecule has 1 saturated heterocycles. The van der Waals surface area contributed by atoms with E-state index in [0.29, 0.717) is 44.0 Å². The Bertz CT molecular complexity index is 665. The van der Waals surface area contributed by atoms with Crippen molar-refractivity contribution in [3.8, 4) is 0 Å². The summed E-state index contributed by atoms with van der Waals surface area (Å²) in [6.45, 7) is 6.64. The van der Waals surface area contributed by atoms with Crippen molar-refractivity contribution in [2.45, 2.75) is 31.6 Å². The Morgan fingerprint density at radius 2 is 1.83 bits per heavy atom. The fraction of sp³-hybridized carbons (Fsp3) is 0.562. The molecule has 0 bridgehead atoms. The Morgan fingerprint density at radius 3 is 2.39 bits per heavy atom. The molecule has 128 valence electrons. The maximum Gasteiger partial charge on any atom is 0.303 e. The molecule has 1 aromatic rings. The van der Waals surface area contributed by atoms with Gasteiger partial charge < -0.3 is 10.0 Å². The van der Waals surface area contributed by atoms with Crippen LogP contribution in [0.2, 0.25) is 0 Å². The van der Waals surface area contributed by atoms with Gasteiger partial charge in [0.15, 0.2) is 0 Å². The number of sulfonamides is 1. The minimum absolute atomic E-state index is 0.154. The summed E-state index contributed by atoms with van der Waals surface area (Å²) < 4.78 is 27.0. The highest BCUT2D eigenvalue weighted by atomic mass is 32.2. The highest BCUT2D eigenvalue weighted by Gasteiger charge is 2.29. The molecule has 0 unspecified atom stereocenters. The molecule has 0 amide bonds. The van der Waals surface area contributed by atoms with E-state index in [-0.39, 0.29) is 6.42 Å². The summed E-state index contributed by atoms with van der Waals surface area (Å²) in [5, 5.41) is 8.66. The Balaban J connectivity index is 1.97. The number of aryl methyl sites for hydroxylation is 2. The largest absolute Gasteiger partial charge is 0.481 e. The summed E-state index contributed by atoms with van der Waals surface area (Å²) in [6, 6.07) is 5.39. The van der Waals surface area contributed by atoms with Crippen LogP contribution in [0.1, 0.15) is 24.0 Å². The molecule has 1 heterocycles. The first kappa shape index (κ1) is 17.9. The van der Waals surface area contributed by atoms with Crippen LogP contribution >= 0.6 is 0 Å². The van der Waals surface area contributed by atoms with E-state index in [4.69, 9.17) is 5.11 Å². The Kier molecular flexibility index (Phi) is 5.78. The summed E-state index contributed by atoms with van der Waals surface area (Å²) in [7, 11) is -3.45. The molecular weight excluding hydrogens is 316 g/mol. The number of hydrogen-bond acceptors (Lipinski definition) is 4. The molecule has 2 rings (SSSR count). The molecule has 1 aliphatic heterocycles. The third-order valence-corrected chi connectivity index (χ3v) is 6.20. The molecule has 7 heteroatoms. The number of carboxylic acid groups (broad SMARTS) is 1. The van der Waals surface area contributed by atoms with Gasteiger partial charge in [-0.25, -0.2) is 8.42 Å². The highest BCUT2D eigenvalue weighted by Crippen LogP contribution is 2.22. The summed E-state index contributed by atoms with van der Waals surface area (Å²) in [4.78, 5) is 13.0. The van der Waals surface area contributed by atoms with Gasteiger partial charge in [0, 0.05) is 32.6 Å². The molecule has 0 aliphatic carbocycles. The lowest BCUT2D eigenvalue weighted by atomic mass is 10.2. The highest BCUT2D eigenvalue weighted by molar-refractivity contribution is 7.89. The zero-order valence-electron chi connectivity index (χ0n) is 13.7. The van der Waals surface area contributed by atoms with Crippen LogP contribution in [-0.2, 0) is 14.8 Å². The zero-order valence-corrected chi connectivity index (χ0v) is 14.5. The van der Waals surface area contributed by atoms with Gasteiger partial charge >= 0.3 is 5.97 Å². The van der Waals surface area contributed by atoms with E-state index in [1.165, 1.54) is 4.31 Å². The quantitative estimate of drug-likeness (QED) is 0.848. The molecule has 0 saturated carbocycles. The normalized spacial score (nSPS) is 17.3. The molecule has 0 spiro atoms. The second-order valence-corrected chi connectivity index (χ2v) is 7.92. The smallest absolute Gasteiger partial charge is 0.303 e. The molecular formula is C16H24N2O4S. The molecule has 1 fully saturated rings. The van der Waals surface area contributed by atoms with E-state index < -0.39 is 16.0 Å². The fourth-order valence-corrected chi connectivity index (χ4v) is 4.50. The van der Waals surface area contributed by atoms with Crippen LogP contribution < -0.4 is 0 Å². The van der Waals surface area contributed by atoms with Gasteiger partial charge in [-0.1, -0.05) is 17.7 Å². The van der Waals surface area contributed by atoms with Crippen molar-refractivity contribution >= 4 is 16.0 Å². The van der Waals surface area contributed by atoms with Crippen molar-refractivity contribution < 1.29 is 18.3 Å². The molecule has 1 aliphatic rings. The van der Waals surface area contributed by atoms with Gasteiger partial charge in [0.2, 0.25) is 10.0 Å². The van der Waals surface area contributed by atoms with Gasteiger partial charge in [-0.3, -0.25) is 4.79 Å². The van der Waals surface area contributed by atoms with E-state index in [9.17, 15) is 13.2 Å². The van der Waals surface area contributed by atoms with Gasteiger partial charge in [-0.2, -0.15) is 4.31 Å². The minimum Gasteiger partial charge on any atom is -0.481 e. The standard InChI is InChI=1S/C16H24N2O4S/c1-13-5-6-15(14(2)12-13)23(21,22)18-10-8-17(9-11-18)7-3-4-16(19)20/h5-6,12H,3-4,7-11H2,1-2H3,(H,19,20). The van der Waals surface area contributed by atoms with Gasteiger partial charge in [0.1, 0.15) is 0 Å². The number of hydrogen-bond donors (Lipinski definition) is 1. The molecule has 23 heavy (non-hydrogen) atoms. The first-order chi connectivity index (χ1) is 10.8. The summed E-state index contributed by atoms with van der Waals surface area (Å²) in [5.74, 6) is -0.791. The van der Waals surface area contributed by atoms with Crippen LogP contribution in [0.5, 0.6) is 0 Å². The number of piperazine rings is 1. The van der Waals surface area contributed by atoms with Gasteiger partial charge in [0.05, 0.1) is 4.90 Å². The van der Waals surface area contributed by atoms with Crippen molar-refractivity contribution in [2.24, 2.45) is 0 Å². The van der Waals surface area contributed by atoms with E-state index in [0.717, 1.165) is 11.1 Å². The summed E-state index contributed by atoms with van der Waals surface area (Å²) >= 11 is 0. The van der Waals surface area contributed by atoms with Gasteiger partial charge in [-0.15, -0.1) is 0 Å². The second kappa shape index (κ2) is 7.42. The minimum atomic E-state index is -3.45. The number of carboxylic acids is 1. The number of rotatable bonds is 6. The predicted octanol–water partition coefficient (Wildman–Crippen LogP) is 1.47. The van der Waals surface area contributed by atoms with Gasteiger partial charge in [0.25, 0.3) is 0 Å². The Morgan fingerprint density at radius 1 is 1.17 bits per heavy atom. The van der Waals surface area contributed by atoms with Crippen LogP contribution in [0.25, 0.3) is 0 Å². The van der Waals surface area contributed by atoms with Crippen molar-refractivity contribution in [3.05, 3.63) is 29.3 Å². The molecule has 1 aromatic carbocycles. The van der Waals surface area contributed by atoms with E-state index >= 15 is 0 Å². The molecule has 0 radical (unpaired) electrons. The van der Waals surface area contributed by atoms with Crippen molar-refractivity contribution in [2.75, 3.05) is 32.7 Å². The van der Waals surface area contributed by atoms with Crippen molar-refractivity contribution in [3.63, 3.8) is 0 Å². The third kappa shape index (κ3) is 4.53. The van der Waals surface area contributed by atoms with E-state index in [1.54, 1.807) is 6.07 Å². The summed E-state index contributed by atoms with van der Waals surface area (Å²) in [6.07, 6.45) is 0.750. The number of benzene rings is 1. The van der Waals surface area contributed by atoms with Crippen LogP contribution in [0.3, 0.4) is 0 Å². The summed E-state index contributed by atoms with van der Waals surface area (Å²) in [5.41, 5.74) is 1.82. The van der Waals surface area contributed by atoms with Crippen LogP contribution in [0.4, 0.5) is 0 Å². The Labute approximate surface area is 137 Å². The lowest BCUT2D eigenvalue weighted by molar-refractivity contribution is -0.137. The first-order valence-corrected chi connectivity index (χ1v) is 9.26. The van der Waals surface area contributed by atoms with Crippen LogP contribution in [0, 0.1) is 13.8 Å². The lowest BCUT2D eigenvalue weighted by Gasteiger charge is -2.34. The monoisotopic (exact) mass is 340 g/mol. The number of nitrogens with zero attached hydrogens (tertiary/aromatic N) is 2. The first-order valence-electron chi connectivity index (χ1n) is 7.82. The molecule has 0 atom stereocenters. The Hall–Kier alpha value is -1.44. The third-order valence-electron chi connectivity index (χ3n) is 4.14. The topological polar surface area (TPSA) is 77.9 Å². The van der Waals surface area contributed by atoms with E-state index in [2.05, 4.69) is 4.90 Å². The van der Waals surface area contributed by atoms with E-state index in [1.807, 2.05) is 26.0 Å². The maximum absolute atomic E-state index is 12.8. The van der Waals surface area contributed by atoms with Crippen LogP contribution in [-0.4, -0.2) is 61.4 Å². The van der Waals surface area contributed by atoms with Crippen molar-refractivity contribution in [1.29, 1.82) is 0 Å². The number of aliphatic carboxylic acids is 1. The SMILES string of the molecule is Cc1ccc(S(=O)(=O)N2CCN(CCCC(=O)O)CC2)c(C)c1. The molecule has 1 N–H and O–H groups in total. The lowest BCUT2D eigenvalue weighted by Crippen LogP contribution is -2.48. The second-order valence-electron chi connectivity index (χ2n) is 6.01. The molecule has 0 aromatic heterocycles. The van der Waals surface area contributed by atoms with Crippen molar-refractivity contribution in [1.82, 2.24) is 9.21 Å². The maximum atomic E-state index is 12.8. The predicted molar refractivity (Wildman–Crippen MR) is 88.0 cm³/mol. The zero-order chi connectivity index (χ0) is 17.0. The average molecular weight is 340 g/mol. The fourth-order valence-electron chi connectivity index (χ4n) is 2.88. The van der Waals surface area contributed by atoms with Crippen LogP contribution in [0.15, 0.2) is 23.1 Å².